The zero-order valence-corrected chi connectivity index (χ0v) is 12.9. The topological polar surface area (TPSA) is 74.8 Å². The zero-order chi connectivity index (χ0) is 16.2. The van der Waals surface area contributed by atoms with Gasteiger partial charge in [0.1, 0.15) is 5.56 Å². The molecule has 0 aliphatic heterocycles. The molecule has 6 heteroatoms. The normalized spacial score (nSPS) is 10.7. The van der Waals surface area contributed by atoms with Crippen LogP contribution in [0.4, 0.5) is 0 Å². The Labute approximate surface area is 137 Å². The molecule has 23 heavy (non-hydrogen) atoms. The molecule has 0 saturated carbocycles. The average Bonchev–Trinajstić information content (AvgIpc) is 2.57. The second kappa shape index (κ2) is 6.62. The van der Waals surface area contributed by atoms with Gasteiger partial charge < -0.3 is 10.3 Å². The molecule has 0 atom stereocenters. The molecule has 0 radical (unpaired) electrons. The van der Waals surface area contributed by atoms with Gasteiger partial charge in [-0.15, -0.1) is 0 Å². The Morgan fingerprint density at radius 1 is 1.22 bits per heavy atom. The number of para-hydroxylation sites is 1. The molecule has 3 aromatic rings. The van der Waals surface area contributed by atoms with Gasteiger partial charge in [-0.25, -0.2) is 0 Å². The Morgan fingerprint density at radius 2 is 2.00 bits per heavy atom. The highest BCUT2D eigenvalue weighted by atomic mass is 35.5. The molecule has 3 rings (SSSR count). The first-order chi connectivity index (χ1) is 11.2. The number of carbonyl (C=O) groups excluding carboxylic acids is 1. The van der Waals surface area contributed by atoms with Gasteiger partial charge in [0.05, 0.1) is 10.5 Å². The van der Waals surface area contributed by atoms with Crippen molar-refractivity contribution in [2.24, 2.45) is 0 Å². The van der Waals surface area contributed by atoms with E-state index >= 15 is 0 Å². The third-order valence-electron chi connectivity index (χ3n) is 3.56. The van der Waals surface area contributed by atoms with E-state index in [1.165, 1.54) is 6.20 Å². The zero-order valence-electron chi connectivity index (χ0n) is 12.2. The quantitative estimate of drug-likeness (QED) is 0.773. The highest BCUT2D eigenvalue weighted by Gasteiger charge is 2.13. The fraction of sp³-hybridized carbons (Fsp3) is 0.118. The van der Waals surface area contributed by atoms with Crippen LogP contribution in [0.1, 0.15) is 15.9 Å². The number of halogens is 1. The van der Waals surface area contributed by atoms with E-state index in [0.717, 1.165) is 5.56 Å². The molecule has 116 valence electrons. The molecule has 0 saturated heterocycles. The summed E-state index contributed by atoms with van der Waals surface area (Å²) in [4.78, 5) is 31.5. The molecule has 0 fully saturated rings. The lowest BCUT2D eigenvalue weighted by Gasteiger charge is -2.06. The third kappa shape index (κ3) is 3.24. The smallest absolute Gasteiger partial charge is 0.256 e. The molecule has 1 amide bonds. The minimum Gasteiger partial charge on any atom is -0.359 e. The largest absolute Gasteiger partial charge is 0.359 e. The molecule has 5 nitrogen and oxygen atoms in total. The number of H-pyrrole nitrogens is 1. The van der Waals surface area contributed by atoms with E-state index in [0.29, 0.717) is 28.9 Å². The van der Waals surface area contributed by atoms with Crippen LogP contribution in [0.2, 0.25) is 5.02 Å². The number of nitrogens with one attached hydrogen (secondary N) is 2. The van der Waals surface area contributed by atoms with Crippen molar-refractivity contribution in [3.05, 3.63) is 75.3 Å². The maximum absolute atomic E-state index is 12.4. The third-order valence-corrected chi connectivity index (χ3v) is 3.87. The van der Waals surface area contributed by atoms with Crippen molar-refractivity contribution in [1.82, 2.24) is 15.3 Å². The van der Waals surface area contributed by atoms with Gasteiger partial charge in [-0.2, -0.15) is 0 Å². The highest BCUT2D eigenvalue weighted by molar-refractivity contribution is 6.35. The van der Waals surface area contributed by atoms with Crippen molar-refractivity contribution in [1.29, 1.82) is 0 Å². The second-order valence-electron chi connectivity index (χ2n) is 5.06. The summed E-state index contributed by atoms with van der Waals surface area (Å²) in [6.45, 7) is 0.440. The molecule has 0 unspecified atom stereocenters. The Hall–Kier alpha value is -2.66. The van der Waals surface area contributed by atoms with E-state index in [-0.39, 0.29) is 11.0 Å². The Balaban J connectivity index is 1.76. The van der Waals surface area contributed by atoms with Crippen LogP contribution < -0.4 is 10.7 Å². The van der Waals surface area contributed by atoms with Crippen LogP contribution in [0.5, 0.6) is 0 Å². The molecule has 0 aliphatic rings. The van der Waals surface area contributed by atoms with E-state index in [9.17, 15) is 9.59 Å². The van der Waals surface area contributed by atoms with E-state index < -0.39 is 5.91 Å². The highest BCUT2D eigenvalue weighted by Crippen LogP contribution is 2.18. The first kappa shape index (κ1) is 15.2. The molecule has 0 aliphatic carbocycles. The molecular formula is C17H14ClN3O2. The number of nitrogens with zero attached hydrogens (tertiary/aromatic N) is 1. The van der Waals surface area contributed by atoms with Crippen molar-refractivity contribution in [3.8, 4) is 0 Å². The number of hydrogen-bond acceptors (Lipinski definition) is 3. The summed E-state index contributed by atoms with van der Waals surface area (Å²) in [6.07, 6.45) is 5.48. The van der Waals surface area contributed by atoms with Crippen LogP contribution in [0.25, 0.3) is 10.9 Å². The fourth-order valence-electron chi connectivity index (χ4n) is 2.35. The minimum absolute atomic E-state index is 0.0782. The Kier molecular flexibility index (Phi) is 4.39. The number of aromatic amines is 1. The van der Waals surface area contributed by atoms with E-state index in [4.69, 9.17) is 11.6 Å². The van der Waals surface area contributed by atoms with Gasteiger partial charge in [-0.1, -0.05) is 17.7 Å². The maximum atomic E-state index is 12.4. The van der Waals surface area contributed by atoms with Gasteiger partial charge in [-0.05, 0) is 36.2 Å². The first-order valence-electron chi connectivity index (χ1n) is 7.14. The van der Waals surface area contributed by atoms with Crippen molar-refractivity contribution in [2.75, 3.05) is 6.54 Å². The summed E-state index contributed by atoms with van der Waals surface area (Å²) in [7, 11) is 0. The first-order valence-corrected chi connectivity index (χ1v) is 7.51. The predicted molar refractivity (Wildman–Crippen MR) is 89.9 cm³/mol. The molecule has 1 aromatic carbocycles. The van der Waals surface area contributed by atoms with Crippen LogP contribution in [-0.4, -0.2) is 22.4 Å². The fourth-order valence-corrected chi connectivity index (χ4v) is 2.58. The maximum Gasteiger partial charge on any atom is 0.256 e. The van der Waals surface area contributed by atoms with Crippen LogP contribution in [0.3, 0.4) is 0 Å². The molecule has 2 aromatic heterocycles. The number of carbonyl (C=O) groups is 1. The summed E-state index contributed by atoms with van der Waals surface area (Å²) in [6, 6.07) is 8.79. The standard InChI is InChI=1S/C17H14ClN3O2/c18-14-3-1-2-12-15(14)21-10-13(16(12)22)17(23)20-9-6-11-4-7-19-8-5-11/h1-5,7-8,10H,6,9H2,(H,20,23)(H,21,22). The van der Waals surface area contributed by atoms with Gasteiger partial charge in [0.2, 0.25) is 5.43 Å². The molecular weight excluding hydrogens is 314 g/mol. The summed E-state index contributed by atoms with van der Waals surface area (Å²) in [5, 5.41) is 3.61. The van der Waals surface area contributed by atoms with E-state index in [2.05, 4.69) is 15.3 Å². The van der Waals surface area contributed by atoms with Crippen LogP contribution in [0.15, 0.2) is 53.7 Å². The van der Waals surface area contributed by atoms with Crippen molar-refractivity contribution in [2.45, 2.75) is 6.42 Å². The van der Waals surface area contributed by atoms with Gasteiger partial charge in [-0.3, -0.25) is 14.6 Å². The molecule has 0 bridgehead atoms. The van der Waals surface area contributed by atoms with Gasteiger partial charge >= 0.3 is 0 Å². The lowest BCUT2D eigenvalue weighted by Crippen LogP contribution is -2.30. The molecule has 2 N–H and O–H groups in total. The van der Waals surface area contributed by atoms with Crippen LogP contribution in [-0.2, 0) is 6.42 Å². The van der Waals surface area contributed by atoms with E-state index in [1.54, 1.807) is 30.6 Å². The van der Waals surface area contributed by atoms with Crippen LogP contribution >= 0.6 is 11.6 Å². The summed E-state index contributed by atoms with van der Waals surface area (Å²) >= 11 is 6.04. The monoisotopic (exact) mass is 327 g/mol. The summed E-state index contributed by atoms with van der Waals surface area (Å²) in [5.74, 6) is -0.401. The number of amides is 1. The second-order valence-corrected chi connectivity index (χ2v) is 5.46. The molecule has 2 heterocycles. The lowest BCUT2D eigenvalue weighted by molar-refractivity contribution is 0.0953. The average molecular weight is 328 g/mol. The van der Waals surface area contributed by atoms with Crippen molar-refractivity contribution >= 4 is 28.4 Å². The van der Waals surface area contributed by atoms with Crippen LogP contribution in [0, 0.1) is 0 Å². The SMILES string of the molecule is O=C(NCCc1ccncc1)c1c[nH]c2c(Cl)cccc2c1=O. The van der Waals surface area contributed by atoms with Gasteiger partial charge in [0, 0.05) is 30.5 Å². The summed E-state index contributed by atoms with van der Waals surface area (Å²) in [5.41, 5.74) is 1.35. The molecule has 0 spiro atoms. The Morgan fingerprint density at radius 3 is 2.78 bits per heavy atom. The Bertz CT molecular complexity index is 907. The van der Waals surface area contributed by atoms with E-state index in [1.807, 2.05) is 12.1 Å². The van der Waals surface area contributed by atoms with Gasteiger partial charge in [0.15, 0.2) is 0 Å². The minimum atomic E-state index is -0.401. The number of pyridine rings is 2. The lowest BCUT2D eigenvalue weighted by atomic mass is 10.1. The van der Waals surface area contributed by atoms with Gasteiger partial charge in [0.25, 0.3) is 5.91 Å². The number of benzene rings is 1. The number of aromatic nitrogens is 2. The number of hydrogen-bond donors (Lipinski definition) is 2. The predicted octanol–water partition coefficient (Wildman–Crippen LogP) is 2.55. The summed E-state index contributed by atoms with van der Waals surface area (Å²) < 4.78 is 0. The number of fused-ring (bicyclic) bond motifs is 1. The van der Waals surface area contributed by atoms with Crippen molar-refractivity contribution in [3.63, 3.8) is 0 Å². The van der Waals surface area contributed by atoms with Crippen molar-refractivity contribution < 1.29 is 4.79 Å². The number of rotatable bonds is 4.